The molecule has 16 heavy (non-hydrogen) atoms. The lowest BCUT2D eigenvalue weighted by molar-refractivity contribution is -0.141. The van der Waals surface area contributed by atoms with Crippen LogP contribution in [-0.4, -0.2) is 24.7 Å². The van der Waals surface area contributed by atoms with Gasteiger partial charge in [0.25, 0.3) is 0 Å². The number of rotatable bonds is 2. The fourth-order valence-corrected chi connectivity index (χ4v) is 1.80. The predicted molar refractivity (Wildman–Crippen MR) is 56.2 cm³/mol. The lowest BCUT2D eigenvalue weighted by Crippen LogP contribution is -2.45. The fraction of sp³-hybridized carbons (Fsp3) is 0.889. The second-order valence-electron chi connectivity index (χ2n) is 3.89. The van der Waals surface area contributed by atoms with Gasteiger partial charge in [0.05, 0.1) is 5.92 Å². The highest BCUT2D eigenvalue weighted by atomic mass is 35.5. The van der Waals surface area contributed by atoms with Crippen LogP contribution in [0.4, 0.5) is 13.2 Å². The first kappa shape index (κ1) is 15.5. The lowest BCUT2D eigenvalue weighted by atomic mass is 9.84. The SMILES string of the molecule is Cl.NC1CCCCC1C(=O)NCC(F)(F)F. The van der Waals surface area contributed by atoms with Crippen molar-refractivity contribution in [1.82, 2.24) is 5.32 Å². The van der Waals surface area contributed by atoms with Crippen LogP contribution in [0.2, 0.25) is 0 Å². The summed E-state index contributed by atoms with van der Waals surface area (Å²) in [5, 5.41) is 1.88. The van der Waals surface area contributed by atoms with Gasteiger partial charge < -0.3 is 11.1 Å². The van der Waals surface area contributed by atoms with Crippen molar-refractivity contribution in [3.05, 3.63) is 0 Å². The first-order chi connectivity index (χ1) is 6.90. The molecule has 0 aromatic rings. The van der Waals surface area contributed by atoms with E-state index < -0.39 is 24.5 Å². The van der Waals surface area contributed by atoms with E-state index in [0.29, 0.717) is 12.8 Å². The summed E-state index contributed by atoms with van der Waals surface area (Å²) in [4.78, 5) is 11.4. The third kappa shape index (κ3) is 5.03. The maximum absolute atomic E-state index is 11.8. The van der Waals surface area contributed by atoms with Crippen molar-refractivity contribution in [2.24, 2.45) is 11.7 Å². The molecule has 1 aliphatic rings. The van der Waals surface area contributed by atoms with Crippen LogP contribution in [0.5, 0.6) is 0 Å². The summed E-state index contributed by atoms with van der Waals surface area (Å²) in [6.45, 7) is -1.27. The Balaban J connectivity index is 0.00000225. The number of alkyl halides is 3. The molecular weight excluding hydrogens is 245 g/mol. The van der Waals surface area contributed by atoms with E-state index in [1.54, 1.807) is 0 Å². The Morgan fingerprint density at radius 1 is 1.31 bits per heavy atom. The lowest BCUT2D eigenvalue weighted by Gasteiger charge is -2.27. The van der Waals surface area contributed by atoms with E-state index in [0.717, 1.165) is 12.8 Å². The molecule has 2 unspecified atom stereocenters. The zero-order valence-corrected chi connectivity index (χ0v) is 9.53. The smallest absolute Gasteiger partial charge is 0.347 e. The second kappa shape index (κ2) is 6.30. The Bertz CT molecular complexity index is 235. The minimum atomic E-state index is -4.35. The first-order valence-corrected chi connectivity index (χ1v) is 5.00. The van der Waals surface area contributed by atoms with Crippen LogP contribution in [-0.2, 0) is 4.79 Å². The zero-order valence-electron chi connectivity index (χ0n) is 8.72. The van der Waals surface area contributed by atoms with E-state index in [9.17, 15) is 18.0 Å². The third-order valence-corrected chi connectivity index (χ3v) is 2.62. The van der Waals surface area contributed by atoms with Crippen LogP contribution in [0.15, 0.2) is 0 Å². The number of hydrogen-bond donors (Lipinski definition) is 2. The summed E-state index contributed by atoms with van der Waals surface area (Å²) in [5.74, 6) is -1.03. The molecular formula is C9H16ClF3N2O. The highest BCUT2D eigenvalue weighted by Crippen LogP contribution is 2.23. The van der Waals surface area contributed by atoms with Crippen molar-refractivity contribution in [3.63, 3.8) is 0 Å². The van der Waals surface area contributed by atoms with Gasteiger partial charge in [0, 0.05) is 6.04 Å². The quantitative estimate of drug-likeness (QED) is 0.792. The topological polar surface area (TPSA) is 55.1 Å². The summed E-state index contributed by atoms with van der Waals surface area (Å²) in [5.41, 5.74) is 5.68. The van der Waals surface area contributed by atoms with Gasteiger partial charge in [0.1, 0.15) is 6.54 Å². The second-order valence-corrected chi connectivity index (χ2v) is 3.89. The summed E-state index contributed by atoms with van der Waals surface area (Å²) in [6.07, 6.45) is -1.24. The van der Waals surface area contributed by atoms with Crippen LogP contribution >= 0.6 is 12.4 Å². The Morgan fingerprint density at radius 2 is 1.88 bits per heavy atom. The molecule has 0 heterocycles. The van der Waals surface area contributed by atoms with Crippen molar-refractivity contribution >= 4 is 18.3 Å². The molecule has 0 aliphatic heterocycles. The number of nitrogens with two attached hydrogens (primary N) is 1. The Kier molecular flexibility index (Phi) is 6.10. The highest BCUT2D eigenvalue weighted by molar-refractivity contribution is 5.85. The molecule has 0 aromatic carbocycles. The summed E-state index contributed by atoms with van der Waals surface area (Å²) in [6, 6.07) is -0.299. The molecule has 1 saturated carbocycles. The number of carbonyl (C=O) groups excluding carboxylic acids is 1. The molecule has 3 nitrogen and oxygen atoms in total. The van der Waals surface area contributed by atoms with Gasteiger partial charge in [-0.3, -0.25) is 4.79 Å². The van der Waals surface area contributed by atoms with Crippen LogP contribution in [0.1, 0.15) is 25.7 Å². The Labute approximate surface area is 98.4 Å². The van der Waals surface area contributed by atoms with Crippen molar-refractivity contribution in [2.75, 3.05) is 6.54 Å². The van der Waals surface area contributed by atoms with E-state index in [2.05, 4.69) is 0 Å². The molecule has 1 fully saturated rings. The molecule has 1 amide bonds. The van der Waals surface area contributed by atoms with Crippen molar-refractivity contribution in [2.45, 2.75) is 37.9 Å². The standard InChI is InChI=1S/C9H15F3N2O.ClH/c10-9(11,12)5-14-8(15)6-3-1-2-4-7(6)13;/h6-7H,1-5,13H2,(H,14,15);1H. The zero-order chi connectivity index (χ0) is 11.5. The van der Waals surface area contributed by atoms with E-state index in [1.807, 2.05) is 5.32 Å². The maximum atomic E-state index is 11.8. The average molecular weight is 261 g/mol. The van der Waals surface area contributed by atoms with Gasteiger partial charge in [0.15, 0.2) is 0 Å². The Hall–Kier alpha value is -0.490. The van der Waals surface area contributed by atoms with Gasteiger partial charge >= 0.3 is 6.18 Å². The average Bonchev–Trinajstić information content (AvgIpc) is 2.14. The van der Waals surface area contributed by atoms with Crippen LogP contribution < -0.4 is 11.1 Å². The third-order valence-electron chi connectivity index (χ3n) is 2.62. The van der Waals surface area contributed by atoms with E-state index in [1.165, 1.54) is 0 Å². The number of amides is 1. The molecule has 1 aliphatic carbocycles. The number of nitrogens with one attached hydrogen (secondary N) is 1. The molecule has 7 heteroatoms. The van der Waals surface area contributed by atoms with Crippen LogP contribution in [0.25, 0.3) is 0 Å². The minimum Gasteiger partial charge on any atom is -0.347 e. The highest BCUT2D eigenvalue weighted by Gasteiger charge is 2.32. The molecule has 1 rings (SSSR count). The fourth-order valence-electron chi connectivity index (χ4n) is 1.80. The van der Waals surface area contributed by atoms with Gasteiger partial charge in [-0.05, 0) is 12.8 Å². The van der Waals surface area contributed by atoms with Crippen molar-refractivity contribution in [3.8, 4) is 0 Å². The van der Waals surface area contributed by atoms with Gasteiger partial charge in [-0.2, -0.15) is 13.2 Å². The molecule has 96 valence electrons. The van der Waals surface area contributed by atoms with E-state index >= 15 is 0 Å². The van der Waals surface area contributed by atoms with Crippen molar-refractivity contribution < 1.29 is 18.0 Å². The minimum absolute atomic E-state index is 0. The molecule has 2 atom stereocenters. The van der Waals surface area contributed by atoms with Gasteiger partial charge in [-0.1, -0.05) is 12.8 Å². The predicted octanol–water partition coefficient (Wildman–Crippen LogP) is 1.60. The number of carbonyl (C=O) groups is 1. The maximum Gasteiger partial charge on any atom is 0.405 e. The molecule has 3 N–H and O–H groups in total. The summed E-state index contributed by atoms with van der Waals surface area (Å²) >= 11 is 0. The van der Waals surface area contributed by atoms with Gasteiger partial charge in [-0.25, -0.2) is 0 Å². The monoisotopic (exact) mass is 260 g/mol. The number of hydrogen-bond acceptors (Lipinski definition) is 2. The van der Waals surface area contributed by atoms with Crippen LogP contribution in [0, 0.1) is 5.92 Å². The normalized spacial score (nSPS) is 25.8. The molecule has 0 spiro atoms. The largest absolute Gasteiger partial charge is 0.405 e. The molecule has 0 aromatic heterocycles. The van der Waals surface area contributed by atoms with E-state index in [4.69, 9.17) is 5.73 Å². The first-order valence-electron chi connectivity index (χ1n) is 5.00. The number of halogens is 4. The van der Waals surface area contributed by atoms with Crippen molar-refractivity contribution in [1.29, 1.82) is 0 Å². The molecule has 0 bridgehead atoms. The Morgan fingerprint density at radius 3 is 2.38 bits per heavy atom. The van der Waals surface area contributed by atoms with Crippen LogP contribution in [0.3, 0.4) is 0 Å². The summed E-state index contributed by atoms with van der Waals surface area (Å²) in [7, 11) is 0. The molecule has 0 radical (unpaired) electrons. The summed E-state index contributed by atoms with van der Waals surface area (Å²) < 4.78 is 35.5. The van der Waals surface area contributed by atoms with Gasteiger partial charge in [-0.15, -0.1) is 12.4 Å². The van der Waals surface area contributed by atoms with Gasteiger partial charge in [0.2, 0.25) is 5.91 Å². The van der Waals surface area contributed by atoms with E-state index in [-0.39, 0.29) is 18.4 Å². The molecule has 0 saturated heterocycles.